The predicted molar refractivity (Wildman–Crippen MR) is 62.7 cm³/mol. The minimum absolute atomic E-state index is 0.419. The number of hydrogen-bond acceptors (Lipinski definition) is 2. The fourth-order valence-electron chi connectivity index (χ4n) is 1.78. The Balaban J connectivity index is 2.89. The lowest BCUT2D eigenvalue weighted by Crippen LogP contribution is -2.27. The predicted octanol–water partition coefficient (Wildman–Crippen LogP) is 2.34. The average molecular weight is 222 g/mol. The second-order valence-corrected chi connectivity index (χ2v) is 3.86. The first-order valence-corrected chi connectivity index (χ1v) is 5.45. The van der Waals surface area contributed by atoms with Gasteiger partial charge in [0.2, 0.25) is 0 Å². The quantitative estimate of drug-likeness (QED) is 0.831. The maximum Gasteiger partial charge on any atom is 0.333 e. The fourth-order valence-corrected chi connectivity index (χ4v) is 1.78. The average Bonchev–Trinajstić information content (AvgIpc) is 2.21. The fraction of sp³-hybridized carbons (Fsp3) is 0.462. The molecule has 1 aromatic rings. The zero-order valence-corrected chi connectivity index (χ0v) is 9.99. The van der Waals surface area contributed by atoms with Crippen LogP contribution in [0, 0.1) is 13.8 Å². The van der Waals surface area contributed by atoms with Gasteiger partial charge in [-0.15, -0.1) is 0 Å². The number of carboxylic acid groups (broad SMARTS) is 1. The van der Waals surface area contributed by atoms with Crippen molar-refractivity contribution in [2.75, 3.05) is 6.61 Å². The van der Waals surface area contributed by atoms with E-state index < -0.39 is 12.1 Å². The van der Waals surface area contributed by atoms with Gasteiger partial charge in [-0.25, -0.2) is 4.79 Å². The van der Waals surface area contributed by atoms with Crippen molar-refractivity contribution in [3.63, 3.8) is 0 Å². The van der Waals surface area contributed by atoms with Crippen LogP contribution in [0.1, 0.15) is 23.6 Å². The van der Waals surface area contributed by atoms with E-state index in [1.165, 1.54) is 0 Å². The molecular weight excluding hydrogens is 204 g/mol. The molecule has 0 spiro atoms. The molecule has 0 aliphatic carbocycles. The lowest BCUT2D eigenvalue weighted by atomic mass is 9.97. The van der Waals surface area contributed by atoms with Crippen molar-refractivity contribution >= 4 is 5.97 Å². The van der Waals surface area contributed by atoms with Crippen LogP contribution in [0.25, 0.3) is 0 Å². The molecule has 88 valence electrons. The summed E-state index contributed by atoms with van der Waals surface area (Å²) in [4.78, 5) is 11.0. The Morgan fingerprint density at radius 1 is 1.38 bits per heavy atom. The first-order chi connectivity index (χ1) is 7.56. The monoisotopic (exact) mass is 222 g/mol. The van der Waals surface area contributed by atoms with Crippen LogP contribution in [0.15, 0.2) is 18.2 Å². The zero-order valence-electron chi connectivity index (χ0n) is 9.99. The number of rotatable bonds is 5. The molecule has 0 radical (unpaired) electrons. The third-order valence-corrected chi connectivity index (χ3v) is 2.68. The summed E-state index contributed by atoms with van der Waals surface area (Å²) in [6.07, 6.45) is -0.313. The molecule has 0 unspecified atom stereocenters. The first kappa shape index (κ1) is 12.7. The standard InChI is InChI=1S/C13H18O3/c1-4-16-12(13(14)15)8-11-9(2)6-5-7-10(11)3/h5-7,12H,4,8H2,1-3H3,(H,14,15)/t12-/m0/s1. The molecule has 1 atom stereocenters. The SMILES string of the molecule is CCO[C@@H](Cc1c(C)cccc1C)C(=O)O. The molecule has 0 saturated heterocycles. The van der Waals surface area contributed by atoms with Crippen molar-refractivity contribution in [3.05, 3.63) is 34.9 Å². The van der Waals surface area contributed by atoms with E-state index in [0.29, 0.717) is 13.0 Å². The van der Waals surface area contributed by atoms with Crippen LogP contribution in [0.5, 0.6) is 0 Å². The van der Waals surface area contributed by atoms with Gasteiger partial charge in [-0.05, 0) is 37.5 Å². The molecule has 0 bridgehead atoms. The summed E-state index contributed by atoms with van der Waals surface area (Å²) < 4.78 is 5.22. The summed E-state index contributed by atoms with van der Waals surface area (Å²) in [5.41, 5.74) is 3.31. The molecule has 0 heterocycles. The van der Waals surface area contributed by atoms with Crippen LogP contribution in [0.4, 0.5) is 0 Å². The zero-order chi connectivity index (χ0) is 12.1. The molecule has 0 aliphatic rings. The Morgan fingerprint density at radius 2 is 1.94 bits per heavy atom. The summed E-state index contributed by atoms with van der Waals surface area (Å²) in [5, 5.41) is 9.02. The summed E-state index contributed by atoms with van der Waals surface area (Å²) in [5.74, 6) is -0.899. The highest BCUT2D eigenvalue weighted by Gasteiger charge is 2.19. The number of aliphatic carboxylic acids is 1. The van der Waals surface area contributed by atoms with Crippen molar-refractivity contribution in [2.45, 2.75) is 33.3 Å². The number of aryl methyl sites for hydroxylation is 2. The van der Waals surface area contributed by atoms with E-state index in [-0.39, 0.29) is 0 Å². The Bertz CT molecular complexity index is 351. The van der Waals surface area contributed by atoms with Gasteiger partial charge in [0.1, 0.15) is 0 Å². The second-order valence-electron chi connectivity index (χ2n) is 3.86. The van der Waals surface area contributed by atoms with Gasteiger partial charge in [0.05, 0.1) is 0 Å². The van der Waals surface area contributed by atoms with Gasteiger partial charge in [0, 0.05) is 13.0 Å². The highest BCUT2D eigenvalue weighted by molar-refractivity contribution is 5.73. The van der Waals surface area contributed by atoms with Crippen molar-refractivity contribution in [2.24, 2.45) is 0 Å². The molecule has 0 amide bonds. The van der Waals surface area contributed by atoms with E-state index in [1.54, 1.807) is 6.92 Å². The maximum atomic E-state index is 11.0. The van der Waals surface area contributed by atoms with Crippen LogP contribution < -0.4 is 0 Å². The highest BCUT2D eigenvalue weighted by atomic mass is 16.5. The minimum Gasteiger partial charge on any atom is -0.479 e. The van der Waals surface area contributed by atoms with Gasteiger partial charge >= 0.3 is 5.97 Å². The van der Waals surface area contributed by atoms with E-state index in [1.807, 2.05) is 32.0 Å². The Kier molecular flexibility index (Phi) is 4.50. The van der Waals surface area contributed by atoms with Gasteiger partial charge in [-0.2, -0.15) is 0 Å². The van der Waals surface area contributed by atoms with Gasteiger partial charge < -0.3 is 9.84 Å². The summed E-state index contributed by atoms with van der Waals surface area (Å²) in [6, 6.07) is 5.96. The third-order valence-electron chi connectivity index (χ3n) is 2.68. The summed E-state index contributed by atoms with van der Waals surface area (Å²) in [7, 11) is 0. The van der Waals surface area contributed by atoms with Crippen LogP contribution >= 0.6 is 0 Å². The summed E-state index contributed by atoms with van der Waals surface area (Å²) in [6.45, 7) is 6.21. The number of carboxylic acids is 1. The molecule has 0 saturated carbocycles. The molecule has 1 aromatic carbocycles. The third kappa shape index (κ3) is 3.07. The number of benzene rings is 1. The number of hydrogen-bond donors (Lipinski definition) is 1. The van der Waals surface area contributed by atoms with Crippen molar-refractivity contribution in [1.29, 1.82) is 0 Å². The van der Waals surface area contributed by atoms with Gasteiger partial charge in [-0.3, -0.25) is 0 Å². The van der Waals surface area contributed by atoms with Crippen LogP contribution in [-0.4, -0.2) is 23.8 Å². The van der Waals surface area contributed by atoms with Crippen LogP contribution in [0.2, 0.25) is 0 Å². The van der Waals surface area contributed by atoms with Gasteiger partial charge in [0.25, 0.3) is 0 Å². The first-order valence-electron chi connectivity index (χ1n) is 5.45. The van der Waals surface area contributed by atoms with Crippen molar-refractivity contribution in [1.82, 2.24) is 0 Å². The number of ether oxygens (including phenoxy) is 1. The van der Waals surface area contributed by atoms with E-state index in [0.717, 1.165) is 16.7 Å². The molecule has 0 aromatic heterocycles. The molecule has 0 aliphatic heterocycles. The molecule has 1 rings (SSSR count). The lowest BCUT2D eigenvalue weighted by Gasteiger charge is -2.15. The second kappa shape index (κ2) is 5.66. The van der Waals surface area contributed by atoms with E-state index in [2.05, 4.69) is 0 Å². The summed E-state index contributed by atoms with van der Waals surface area (Å²) >= 11 is 0. The number of carbonyl (C=O) groups is 1. The Morgan fingerprint density at radius 3 is 2.38 bits per heavy atom. The Labute approximate surface area is 96.1 Å². The topological polar surface area (TPSA) is 46.5 Å². The smallest absolute Gasteiger partial charge is 0.333 e. The lowest BCUT2D eigenvalue weighted by molar-refractivity contribution is -0.149. The Hall–Kier alpha value is -1.35. The molecule has 1 N–H and O–H groups in total. The van der Waals surface area contributed by atoms with Crippen LogP contribution in [0.3, 0.4) is 0 Å². The van der Waals surface area contributed by atoms with E-state index in [4.69, 9.17) is 9.84 Å². The molecule has 16 heavy (non-hydrogen) atoms. The molecule has 3 heteroatoms. The highest BCUT2D eigenvalue weighted by Crippen LogP contribution is 2.16. The molecular formula is C13H18O3. The van der Waals surface area contributed by atoms with Crippen molar-refractivity contribution < 1.29 is 14.6 Å². The van der Waals surface area contributed by atoms with Crippen LogP contribution in [-0.2, 0) is 16.0 Å². The van der Waals surface area contributed by atoms with Gasteiger partial charge in [0.15, 0.2) is 6.10 Å². The normalized spacial score (nSPS) is 12.4. The van der Waals surface area contributed by atoms with E-state index in [9.17, 15) is 4.79 Å². The van der Waals surface area contributed by atoms with E-state index >= 15 is 0 Å². The minimum atomic E-state index is -0.899. The maximum absolute atomic E-state index is 11.0. The van der Waals surface area contributed by atoms with Gasteiger partial charge in [-0.1, -0.05) is 18.2 Å². The molecule has 0 fully saturated rings. The molecule has 3 nitrogen and oxygen atoms in total. The largest absolute Gasteiger partial charge is 0.479 e. The van der Waals surface area contributed by atoms with Crippen molar-refractivity contribution in [3.8, 4) is 0 Å².